The topological polar surface area (TPSA) is 70.4 Å². The second-order valence-electron chi connectivity index (χ2n) is 4.10. The molecule has 5 nitrogen and oxygen atoms in total. The molecule has 0 aliphatic carbocycles. The van der Waals surface area contributed by atoms with Crippen molar-refractivity contribution in [3.8, 4) is 16.3 Å². The molecule has 3 heterocycles. The lowest BCUT2D eigenvalue weighted by Gasteiger charge is -2.01. The zero-order valence-electron chi connectivity index (χ0n) is 9.89. The molecule has 3 aromatic rings. The summed E-state index contributed by atoms with van der Waals surface area (Å²) in [6.45, 7) is 3.42. The number of thiophene rings is 1. The van der Waals surface area contributed by atoms with Crippen LogP contribution in [0.25, 0.3) is 16.1 Å². The third-order valence-electron chi connectivity index (χ3n) is 2.94. The molecule has 92 valence electrons. The smallest absolute Gasteiger partial charge is 0.257 e. The van der Waals surface area contributed by atoms with Gasteiger partial charge >= 0.3 is 0 Å². The van der Waals surface area contributed by atoms with Crippen LogP contribution in [0, 0.1) is 13.8 Å². The molecule has 0 fully saturated rings. The second-order valence-corrected chi connectivity index (χ2v) is 5.05. The average Bonchev–Trinajstić information content (AvgIpc) is 2.94. The number of hydrogen-bond acceptors (Lipinski definition) is 4. The van der Waals surface area contributed by atoms with Crippen LogP contribution in [0.15, 0.2) is 22.3 Å². The Kier molecular flexibility index (Phi) is 2.27. The summed E-state index contributed by atoms with van der Waals surface area (Å²) in [4.78, 5) is 15.5. The molecule has 0 bridgehead atoms. The Morgan fingerprint density at radius 3 is 2.89 bits per heavy atom. The van der Waals surface area contributed by atoms with Crippen LogP contribution >= 0.6 is 11.3 Å². The zero-order chi connectivity index (χ0) is 12.9. The van der Waals surface area contributed by atoms with E-state index in [0.29, 0.717) is 5.65 Å². The predicted octanol–water partition coefficient (Wildman–Crippen LogP) is 2.07. The first-order valence-electron chi connectivity index (χ1n) is 5.44. The molecule has 0 aliphatic heterocycles. The van der Waals surface area contributed by atoms with Crippen molar-refractivity contribution in [3.63, 3.8) is 0 Å². The van der Waals surface area contributed by atoms with Gasteiger partial charge in [0, 0.05) is 4.88 Å². The van der Waals surface area contributed by atoms with E-state index in [-0.39, 0.29) is 17.0 Å². The molecule has 0 spiro atoms. The van der Waals surface area contributed by atoms with Crippen molar-refractivity contribution in [2.45, 2.75) is 13.8 Å². The average molecular weight is 261 g/mol. The van der Waals surface area contributed by atoms with Crippen molar-refractivity contribution in [1.82, 2.24) is 14.6 Å². The Balaban J connectivity index is 2.48. The molecule has 0 amide bonds. The molecule has 0 atom stereocenters. The van der Waals surface area contributed by atoms with Crippen LogP contribution in [0.2, 0.25) is 0 Å². The highest BCUT2D eigenvalue weighted by Crippen LogP contribution is 2.31. The molecule has 0 aromatic carbocycles. The fraction of sp³-hybridized carbons (Fsp3) is 0.167. The van der Waals surface area contributed by atoms with E-state index in [2.05, 4.69) is 10.1 Å². The lowest BCUT2D eigenvalue weighted by Crippen LogP contribution is -2.12. The van der Waals surface area contributed by atoms with E-state index in [9.17, 15) is 9.90 Å². The molecular formula is C12H11N3O2S. The molecular weight excluding hydrogens is 250 g/mol. The number of aromatic hydroxyl groups is 1. The minimum atomic E-state index is -0.294. The van der Waals surface area contributed by atoms with Gasteiger partial charge < -0.3 is 10.1 Å². The van der Waals surface area contributed by atoms with E-state index in [4.69, 9.17) is 0 Å². The van der Waals surface area contributed by atoms with Gasteiger partial charge in [0.2, 0.25) is 5.88 Å². The van der Waals surface area contributed by atoms with Crippen LogP contribution in [-0.4, -0.2) is 19.7 Å². The SMILES string of the molecule is Cc1nn2c(O)c(C)c(=O)[nH]c2c1-c1cccs1. The molecule has 0 unspecified atom stereocenters. The summed E-state index contributed by atoms with van der Waals surface area (Å²) in [5, 5.41) is 16.2. The van der Waals surface area contributed by atoms with Gasteiger partial charge in [-0.1, -0.05) is 6.07 Å². The summed E-state index contributed by atoms with van der Waals surface area (Å²) in [5.74, 6) is -0.111. The molecule has 18 heavy (non-hydrogen) atoms. The van der Waals surface area contributed by atoms with Crippen LogP contribution < -0.4 is 5.56 Å². The predicted molar refractivity (Wildman–Crippen MR) is 70.3 cm³/mol. The van der Waals surface area contributed by atoms with E-state index < -0.39 is 0 Å². The van der Waals surface area contributed by atoms with Crippen LogP contribution in [0.5, 0.6) is 5.88 Å². The summed E-state index contributed by atoms with van der Waals surface area (Å²) >= 11 is 1.57. The van der Waals surface area contributed by atoms with E-state index in [1.807, 2.05) is 24.4 Å². The van der Waals surface area contributed by atoms with Gasteiger partial charge in [0.25, 0.3) is 5.56 Å². The van der Waals surface area contributed by atoms with Crippen LogP contribution in [0.3, 0.4) is 0 Å². The number of fused-ring (bicyclic) bond motifs is 1. The van der Waals surface area contributed by atoms with Crippen LogP contribution in [0.4, 0.5) is 0 Å². The number of aromatic amines is 1. The minimum absolute atomic E-state index is 0.111. The first kappa shape index (κ1) is 11.0. The van der Waals surface area contributed by atoms with Gasteiger partial charge in [0.15, 0.2) is 0 Å². The second kappa shape index (κ2) is 3.71. The Hall–Kier alpha value is -2.08. The first-order chi connectivity index (χ1) is 8.59. The fourth-order valence-electron chi connectivity index (χ4n) is 1.97. The highest BCUT2D eigenvalue weighted by atomic mass is 32.1. The van der Waals surface area contributed by atoms with Crippen molar-refractivity contribution >= 4 is 17.0 Å². The van der Waals surface area contributed by atoms with Gasteiger partial charge in [-0.25, -0.2) is 0 Å². The number of nitrogens with one attached hydrogen (secondary N) is 1. The van der Waals surface area contributed by atoms with E-state index in [1.165, 1.54) is 4.52 Å². The number of rotatable bonds is 1. The van der Waals surface area contributed by atoms with Crippen molar-refractivity contribution in [3.05, 3.63) is 39.1 Å². The van der Waals surface area contributed by atoms with Gasteiger partial charge in [0.05, 0.1) is 16.8 Å². The van der Waals surface area contributed by atoms with Crippen molar-refractivity contribution in [2.75, 3.05) is 0 Å². The maximum absolute atomic E-state index is 11.7. The van der Waals surface area contributed by atoms with Crippen LogP contribution in [-0.2, 0) is 0 Å². The summed E-state index contributed by atoms with van der Waals surface area (Å²) in [7, 11) is 0. The minimum Gasteiger partial charge on any atom is -0.493 e. The molecule has 0 saturated heterocycles. The third kappa shape index (κ3) is 1.39. The van der Waals surface area contributed by atoms with E-state index in [0.717, 1.165) is 16.1 Å². The molecule has 0 saturated carbocycles. The van der Waals surface area contributed by atoms with Gasteiger partial charge in [-0.15, -0.1) is 11.3 Å². The summed E-state index contributed by atoms with van der Waals surface area (Å²) in [6.07, 6.45) is 0. The number of aromatic nitrogens is 3. The van der Waals surface area contributed by atoms with Gasteiger partial charge in [0.1, 0.15) is 5.65 Å². The Morgan fingerprint density at radius 2 is 2.22 bits per heavy atom. The highest BCUT2D eigenvalue weighted by Gasteiger charge is 2.17. The largest absolute Gasteiger partial charge is 0.493 e. The Bertz CT molecular complexity index is 784. The molecule has 6 heteroatoms. The summed E-state index contributed by atoms with van der Waals surface area (Å²) in [5.41, 5.74) is 2.13. The standard InChI is InChI=1S/C12H11N3O2S/c1-6-11(16)13-10-9(8-4-3-5-18-8)7(2)14-15(10)12(6)17/h3-5,17H,1-2H3,(H,13,16). The number of H-pyrrole nitrogens is 1. The molecule has 3 aromatic heterocycles. The number of aryl methyl sites for hydroxylation is 1. The lowest BCUT2D eigenvalue weighted by atomic mass is 10.2. The molecule has 0 radical (unpaired) electrons. The van der Waals surface area contributed by atoms with Gasteiger partial charge in [-0.05, 0) is 25.3 Å². The Labute approximate surface area is 106 Å². The van der Waals surface area contributed by atoms with Crippen molar-refractivity contribution in [1.29, 1.82) is 0 Å². The quantitative estimate of drug-likeness (QED) is 0.704. The normalized spacial score (nSPS) is 11.2. The molecule has 2 N–H and O–H groups in total. The molecule has 3 rings (SSSR count). The highest BCUT2D eigenvalue weighted by molar-refractivity contribution is 7.13. The fourth-order valence-corrected chi connectivity index (χ4v) is 2.80. The lowest BCUT2D eigenvalue weighted by molar-refractivity contribution is 0.429. The maximum Gasteiger partial charge on any atom is 0.257 e. The van der Waals surface area contributed by atoms with Gasteiger partial charge in [-0.3, -0.25) is 4.79 Å². The monoisotopic (exact) mass is 261 g/mol. The van der Waals surface area contributed by atoms with Crippen LogP contribution in [0.1, 0.15) is 11.3 Å². The number of hydrogen-bond donors (Lipinski definition) is 2. The Morgan fingerprint density at radius 1 is 1.44 bits per heavy atom. The van der Waals surface area contributed by atoms with E-state index >= 15 is 0 Å². The maximum atomic E-state index is 11.7. The third-order valence-corrected chi connectivity index (χ3v) is 3.82. The van der Waals surface area contributed by atoms with Crippen molar-refractivity contribution < 1.29 is 5.11 Å². The van der Waals surface area contributed by atoms with Gasteiger partial charge in [-0.2, -0.15) is 9.61 Å². The first-order valence-corrected chi connectivity index (χ1v) is 6.32. The zero-order valence-corrected chi connectivity index (χ0v) is 10.7. The summed E-state index contributed by atoms with van der Waals surface area (Å²) < 4.78 is 1.38. The molecule has 0 aliphatic rings. The van der Waals surface area contributed by atoms with E-state index in [1.54, 1.807) is 18.3 Å². The number of nitrogens with zero attached hydrogens (tertiary/aromatic N) is 2. The summed E-state index contributed by atoms with van der Waals surface area (Å²) in [6, 6.07) is 3.90. The van der Waals surface area contributed by atoms with Crippen molar-refractivity contribution in [2.24, 2.45) is 0 Å².